The number of nitrogens with zero attached hydrogens (tertiary/aromatic N) is 2. The molecule has 0 radical (unpaired) electrons. The molecule has 0 unspecified atom stereocenters. The second-order valence-corrected chi connectivity index (χ2v) is 11.6. The summed E-state index contributed by atoms with van der Waals surface area (Å²) >= 11 is 0. The number of hydrogen-bond acceptors (Lipinski definition) is 2. The van der Waals surface area contributed by atoms with Crippen molar-refractivity contribution in [3.8, 4) is 0 Å². The Kier molecular flexibility index (Phi) is 21.0. The van der Waals surface area contributed by atoms with Gasteiger partial charge in [-0.05, 0) is 87.5 Å². The van der Waals surface area contributed by atoms with E-state index in [2.05, 4.69) is 93.6 Å². The van der Waals surface area contributed by atoms with Crippen molar-refractivity contribution in [2.45, 2.75) is 143 Å². The lowest BCUT2D eigenvalue weighted by Crippen LogP contribution is -2.00. The van der Waals surface area contributed by atoms with Crippen LogP contribution in [0.3, 0.4) is 0 Å². The molecule has 0 bridgehead atoms. The highest BCUT2D eigenvalue weighted by atomic mass is 14.8. The van der Waals surface area contributed by atoms with Crippen LogP contribution >= 0.6 is 0 Å². The topological polar surface area (TPSA) is 24.7 Å². The summed E-state index contributed by atoms with van der Waals surface area (Å²) in [7, 11) is 0. The SMILES string of the molecule is CCCCCCC/C=C/CCc1ccccc1N=CC(CCCC)=Nc1ccccc1CC/C=C/CCCCCCC. The fourth-order valence-corrected chi connectivity index (χ4v) is 5.17. The minimum atomic E-state index is 0.954. The van der Waals surface area contributed by atoms with E-state index in [1.165, 1.54) is 88.2 Å². The molecule has 2 aromatic carbocycles. The lowest BCUT2D eigenvalue weighted by molar-refractivity contribution is 0.637. The van der Waals surface area contributed by atoms with Crippen molar-refractivity contribution >= 4 is 23.3 Å². The molecule has 0 fully saturated rings. The van der Waals surface area contributed by atoms with E-state index in [0.717, 1.165) is 62.0 Å². The third kappa shape index (κ3) is 16.6. The zero-order chi connectivity index (χ0) is 29.9. The summed E-state index contributed by atoms with van der Waals surface area (Å²) in [5, 5.41) is 0. The Bertz CT molecular complexity index is 1060. The summed E-state index contributed by atoms with van der Waals surface area (Å²) in [6.07, 6.45) is 34.8. The van der Waals surface area contributed by atoms with Gasteiger partial charge in [0, 0.05) is 6.21 Å². The highest BCUT2D eigenvalue weighted by Gasteiger charge is 2.04. The van der Waals surface area contributed by atoms with Gasteiger partial charge < -0.3 is 0 Å². The highest BCUT2D eigenvalue weighted by Crippen LogP contribution is 2.23. The van der Waals surface area contributed by atoms with Crippen LogP contribution in [0.25, 0.3) is 0 Å². The van der Waals surface area contributed by atoms with E-state index in [4.69, 9.17) is 9.98 Å². The Morgan fingerprint density at radius 2 is 1.00 bits per heavy atom. The predicted octanol–water partition coefficient (Wildman–Crippen LogP) is 13.1. The average Bonchev–Trinajstić information content (AvgIpc) is 3.02. The van der Waals surface area contributed by atoms with Crippen molar-refractivity contribution in [3.63, 3.8) is 0 Å². The third-order valence-electron chi connectivity index (χ3n) is 7.83. The summed E-state index contributed by atoms with van der Waals surface area (Å²) < 4.78 is 0. The van der Waals surface area contributed by atoms with Crippen LogP contribution in [0.2, 0.25) is 0 Å². The molecule has 0 saturated heterocycles. The fourth-order valence-electron chi connectivity index (χ4n) is 5.17. The van der Waals surface area contributed by atoms with E-state index in [1.54, 1.807) is 0 Å². The lowest BCUT2D eigenvalue weighted by atomic mass is 10.1. The van der Waals surface area contributed by atoms with Crippen LogP contribution < -0.4 is 0 Å². The molecule has 2 nitrogen and oxygen atoms in total. The van der Waals surface area contributed by atoms with Crippen LogP contribution in [-0.4, -0.2) is 11.9 Å². The van der Waals surface area contributed by atoms with E-state index in [-0.39, 0.29) is 0 Å². The van der Waals surface area contributed by atoms with Crippen LogP contribution in [0.1, 0.15) is 141 Å². The molecule has 0 aliphatic heterocycles. The van der Waals surface area contributed by atoms with Gasteiger partial charge in [0.25, 0.3) is 0 Å². The molecule has 2 rings (SSSR count). The molecule has 0 aliphatic rings. The Labute approximate surface area is 259 Å². The molecule has 0 atom stereocenters. The third-order valence-corrected chi connectivity index (χ3v) is 7.83. The number of unbranched alkanes of at least 4 members (excludes halogenated alkanes) is 11. The maximum atomic E-state index is 5.15. The summed E-state index contributed by atoms with van der Waals surface area (Å²) in [6.45, 7) is 6.79. The molecule has 0 N–H and O–H groups in total. The van der Waals surface area contributed by atoms with Crippen molar-refractivity contribution in [1.29, 1.82) is 0 Å². The van der Waals surface area contributed by atoms with Crippen LogP contribution in [-0.2, 0) is 12.8 Å². The van der Waals surface area contributed by atoms with E-state index in [0.29, 0.717) is 0 Å². The number of aliphatic imine (C=N–C) groups is 2. The van der Waals surface area contributed by atoms with Crippen LogP contribution in [0.15, 0.2) is 82.8 Å². The van der Waals surface area contributed by atoms with Gasteiger partial charge in [0.2, 0.25) is 0 Å². The molecule has 0 aliphatic carbocycles. The summed E-state index contributed by atoms with van der Waals surface area (Å²) in [5.74, 6) is 0. The Morgan fingerprint density at radius 3 is 1.57 bits per heavy atom. The van der Waals surface area contributed by atoms with Gasteiger partial charge in [0.05, 0.1) is 17.1 Å². The highest BCUT2D eigenvalue weighted by molar-refractivity contribution is 6.31. The second-order valence-electron chi connectivity index (χ2n) is 11.6. The first-order valence-corrected chi connectivity index (χ1v) is 17.4. The van der Waals surface area contributed by atoms with Gasteiger partial charge in [-0.15, -0.1) is 0 Å². The lowest BCUT2D eigenvalue weighted by Gasteiger charge is -2.07. The smallest absolute Gasteiger partial charge is 0.0665 e. The van der Waals surface area contributed by atoms with Gasteiger partial charge in [-0.1, -0.05) is 139 Å². The van der Waals surface area contributed by atoms with E-state index >= 15 is 0 Å². The molecule has 0 saturated carbocycles. The molecule has 230 valence electrons. The van der Waals surface area contributed by atoms with Crippen LogP contribution in [0, 0.1) is 0 Å². The number of benzene rings is 2. The number of para-hydroxylation sites is 2. The van der Waals surface area contributed by atoms with E-state index < -0.39 is 0 Å². The van der Waals surface area contributed by atoms with Crippen molar-refractivity contribution in [2.75, 3.05) is 0 Å². The van der Waals surface area contributed by atoms with Gasteiger partial charge in [-0.25, -0.2) is 0 Å². The van der Waals surface area contributed by atoms with Gasteiger partial charge >= 0.3 is 0 Å². The van der Waals surface area contributed by atoms with Gasteiger partial charge in [0.15, 0.2) is 0 Å². The Hall–Kier alpha value is -2.74. The first-order valence-electron chi connectivity index (χ1n) is 17.4. The van der Waals surface area contributed by atoms with Gasteiger partial charge in [-0.3, -0.25) is 9.98 Å². The number of rotatable bonds is 24. The Morgan fingerprint density at radius 1 is 0.524 bits per heavy atom. The molecule has 2 aromatic rings. The van der Waals surface area contributed by atoms with Crippen molar-refractivity contribution in [1.82, 2.24) is 0 Å². The van der Waals surface area contributed by atoms with Crippen molar-refractivity contribution in [3.05, 3.63) is 84.0 Å². The number of aryl methyl sites for hydroxylation is 2. The maximum absolute atomic E-state index is 5.15. The second kappa shape index (κ2) is 24.8. The monoisotopic (exact) mass is 568 g/mol. The summed E-state index contributed by atoms with van der Waals surface area (Å²) in [6, 6.07) is 17.2. The zero-order valence-corrected chi connectivity index (χ0v) is 27.3. The first kappa shape index (κ1) is 35.5. The van der Waals surface area contributed by atoms with Crippen LogP contribution in [0.5, 0.6) is 0 Å². The van der Waals surface area contributed by atoms with Crippen LogP contribution in [0.4, 0.5) is 11.4 Å². The molecular weight excluding hydrogens is 508 g/mol. The molecule has 0 aromatic heterocycles. The standard InChI is InChI=1S/C40H60N2/c1-4-7-10-12-14-16-18-20-22-28-36-30-24-26-33-39(36)41-35-38(32-9-6-3)42-40-34-27-25-31-37(40)29-23-21-19-17-15-13-11-8-5-2/h18-21,24-27,30-31,33-35H,4-17,22-23,28-29,32H2,1-3H3/b20-18+,21-19+,41-35?,42-38?. The zero-order valence-electron chi connectivity index (χ0n) is 27.3. The van der Waals surface area contributed by atoms with E-state index in [9.17, 15) is 0 Å². The molecule has 0 heterocycles. The van der Waals surface area contributed by atoms with Crippen molar-refractivity contribution in [2.24, 2.45) is 9.98 Å². The summed E-state index contributed by atoms with van der Waals surface area (Å²) in [4.78, 5) is 10.1. The molecular formula is C40H60N2. The Balaban J connectivity index is 1.98. The maximum Gasteiger partial charge on any atom is 0.0665 e. The van der Waals surface area contributed by atoms with E-state index in [1.807, 2.05) is 6.21 Å². The summed E-state index contributed by atoms with van der Waals surface area (Å²) in [5.41, 5.74) is 5.88. The molecule has 42 heavy (non-hydrogen) atoms. The quantitative estimate of drug-likeness (QED) is 0.0683. The molecule has 0 spiro atoms. The number of hydrogen-bond donors (Lipinski definition) is 0. The molecule has 0 amide bonds. The number of allylic oxidation sites excluding steroid dienone is 4. The van der Waals surface area contributed by atoms with Gasteiger partial charge in [0.1, 0.15) is 0 Å². The molecule has 2 heteroatoms. The minimum Gasteiger partial charge on any atom is -0.255 e. The first-order chi connectivity index (χ1) is 20.8. The van der Waals surface area contributed by atoms with Crippen molar-refractivity contribution < 1.29 is 0 Å². The minimum absolute atomic E-state index is 0.954. The largest absolute Gasteiger partial charge is 0.255 e. The fraction of sp³-hybridized carbons (Fsp3) is 0.550. The average molecular weight is 569 g/mol. The predicted molar refractivity (Wildman–Crippen MR) is 189 cm³/mol. The van der Waals surface area contributed by atoms with Gasteiger partial charge in [-0.2, -0.15) is 0 Å². The normalized spacial score (nSPS) is 12.4.